The molecule has 2 aromatic carbocycles. The van der Waals surface area contributed by atoms with Crippen molar-refractivity contribution in [3.05, 3.63) is 71.8 Å². The third-order valence-electron chi connectivity index (χ3n) is 18.6. The maximum Gasteiger partial charge on any atom is 0.409 e. The third kappa shape index (κ3) is 40.9. The largest absolute Gasteiger partial charge is 0.465 e. The lowest BCUT2D eigenvalue weighted by Gasteiger charge is -2.49. The Bertz CT molecular complexity index is 1530. The number of hydrogen-bond donors (Lipinski definition) is 2. The van der Waals surface area contributed by atoms with E-state index in [1.165, 1.54) is 331 Å². The summed E-state index contributed by atoms with van der Waals surface area (Å²) < 4.78 is 0. The average Bonchev–Trinajstić information content (AvgIpc) is 2.53. The van der Waals surface area contributed by atoms with E-state index in [2.05, 4.69) is 13.8 Å². The number of hydrogen-bond acceptors (Lipinski definition) is 2. The number of carbonyl (C=O) groups is 2. The first-order chi connectivity index (χ1) is 41.0. The molecule has 0 aliphatic rings. The summed E-state index contributed by atoms with van der Waals surface area (Å²) in [5.41, 5.74) is -0.166. The average molecular weight is 1160 g/mol. The minimum atomic E-state index is -1.50. The molecule has 0 fully saturated rings. The van der Waals surface area contributed by atoms with Gasteiger partial charge < -0.3 is 10.2 Å². The first kappa shape index (κ1) is 76.1. The van der Waals surface area contributed by atoms with E-state index >= 15 is 0 Å². The van der Waals surface area contributed by atoms with Gasteiger partial charge in [-0.1, -0.05) is 434 Å². The maximum absolute atomic E-state index is 13.5. The van der Waals surface area contributed by atoms with Crippen molar-refractivity contribution >= 4 is 12.2 Å². The summed E-state index contributed by atoms with van der Waals surface area (Å²) in [6, 6.07) is 19.1. The molecule has 83 heavy (non-hydrogen) atoms. The smallest absolute Gasteiger partial charge is 0.409 e. The van der Waals surface area contributed by atoms with Crippen molar-refractivity contribution < 1.29 is 19.8 Å². The van der Waals surface area contributed by atoms with Crippen LogP contribution in [0.1, 0.15) is 397 Å². The predicted molar refractivity (Wildman–Crippen MR) is 362 cm³/mol. The van der Waals surface area contributed by atoms with Gasteiger partial charge in [-0.2, -0.15) is 0 Å². The lowest BCUT2D eigenvalue weighted by molar-refractivity contribution is -0.0128. The number of nitrogens with zero attached hydrogens (tertiary/aromatic N) is 2. The van der Waals surface area contributed by atoms with Gasteiger partial charge in [0.2, 0.25) is 0 Å². The molecule has 6 nitrogen and oxygen atoms in total. The SMILES string of the molecule is CCCCCCCCCCCCCCCCCCCCCCCCCCCCCCCN(C(=O)O)C(c1ccccc1)(c1ccccc1)N(CCCCCCCCCCCCCCCCCCCCCCCCCCCCCCC)C(=O)O. The summed E-state index contributed by atoms with van der Waals surface area (Å²) in [5, 5.41) is 22.1. The second-order valence-corrected chi connectivity index (χ2v) is 26.1. The third-order valence-corrected chi connectivity index (χ3v) is 18.6. The van der Waals surface area contributed by atoms with E-state index in [1.54, 1.807) is 0 Å². The first-order valence-corrected chi connectivity index (χ1v) is 37.1. The van der Waals surface area contributed by atoms with Crippen LogP contribution in [0.15, 0.2) is 60.7 Å². The molecule has 2 amide bonds. The molecule has 480 valence electrons. The van der Waals surface area contributed by atoms with Crippen LogP contribution < -0.4 is 0 Å². The monoisotopic (exact) mass is 1160 g/mol. The van der Waals surface area contributed by atoms with E-state index in [-0.39, 0.29) is 13.1 Å². The molecule has 0 heterocycles. The van der Waals surface area contributed by atoms with Gasteiger partial charge in [0.15, 0.2) is 5.66 Å². The number of rotatable bonds is 64. The minimum Gasteiger partial charge on any atom is -0.465 e. The summed E-state index contributed by atoms with van der Waals surface area (Å²) in [4.78, 5) is 29.9. The van der Waals surface area contributed by atoms with Gasteiger partial charge >= 0.3 is 12.2 Å². The van der Waals surface area contributed by atoms with E-state index in [1.807, 2.05) is 60.7 Å². The molecule has 0 spiro atoms. The Morgan fingerprint density at radius 1 is 0.253 bits per heavy atom. The summed E-state index contributed by atoms with van der Waals surface area (Å²) in [7, 11) is 0. The van der Waals surface area contributed by atoms with Crippen molar-refractivity contribution in [2.24, 2.45) is 0 Å². The second-order valence-electron chi connectivity index (χ2n) is 26.1. The predicted octanol–water partition coefficient (Wildman–Crippen LogP) is 26.5. The number of benzene rings is 2. The fourth-order valence-electron chi connectivity index (χ4n) is 13.3. The first-order valence-electron chi connectivity index (χ1n) is 37.1. The van der Waals surface area contributed by atoms with Crippen molar-refractivity contribution in [2.45, 2.75) is 392 Å². The second kappa shape index (κ2) is 58.0. The maximum atomic E-state index is 13.5. The summed E-state index contributed by atoms with van der Waals surface area (Å²) in [6.45, 7) is 5.13. The van der Waals surface area contributed by atoms with E-state index in [0.29, 0.717) is 24.0 Å². The molecular formula is C77H138N2O4. The van der Waals surface area contributed by atoms with Gasteiger partial charge in [0.25, 0.3) is 0 Å². The van der Waals surface area contributed by atoms with Crippen LogP contribution in [-0.4, -0.2) is 45.3 Å². The highest BCUT2D eigenvalue weighted by molar-refractivity contribution is 5.73. The zero-order chi connectivity index (χ0) is 59.5. The Kier molecular flexibility index (Phi) is 53.2. The van der Waals surface area contributed by atoms with Crippen LogP contribution in [0.3, 0.4) is 0 Å². The van der Waals surface area contributed by atoms with Gasteiger partial charge in [-0.15, -0.1) is 0 Å². The zero-order valence-corrected chi connectivity index (χ0v) is 55.3. The van der Waals surface area contributed by atoms with Crippen LogP contribution in [-0.2, 0) is 5.66 Å². The van der Waals surface area contributed by atoms with Crippen molar-refractivity contribution in [2.75, 3.05) is 13.1 Å². The molecule has 2 aromatic rings. The van der Waals surface area contributed by atoms with E-state index in [4.69, 9.17) is 0 Å². The van der Waals surface area contributed by atoms with Crippen molar-refractivity contribution in [3.8, 4) is 0 Å². The van der Waals surface area contributed by atoms with E-state index in [0.717, 1.165) is 38.5 Å². The Morgan fingerprint density at radius 3 is 0.542 bits per heavy atom. The van der Waals surface area contributed by atoms with E-state index in [9.17, 15) is 19.8 Å². The van der Waals surface area contributed by atoms with Gasteiger partial charge in [0.05, 0.1) is 0 Å². The lowest BCUT2D eigenvalue weighted by Crippen LogP contribution is -2.62. The molecular weight excluding hydrogens is 1020 g/mol. The molecule has 0 unspecified atom stereocenters. The van der Waals surface area contributed by atoms with Crippen LogP contribution in [0.4, 0.5) is 9.59 Å². The molecule has 6 heteroatoms. The molecule has 0 aromatic heterocycles. The van der Waals surface area contributed by atoms with Gasteiger partial charge in [-0.25, -0.2) is 9.59 Å². The fraction of sp³-hybridized carbons (Fsp3) is 0.818. The molecule has 0 saturated carbocycles. The summed E-state index contributed by atoms with van der Waals surface area (Å²) >= 11 is 0. The quantitative estimate of drug-likeness (QED) is 0.0511. The van der Waals surface area contributed by atoms with Gasteiger partial charge in [0.1, 0.15) is 0 Å². The number of unbranched alkanes of at least 4 members (excludes halogenated alkanes) is 56. The highest BCUT2D eigenvalue weighted by Gasteiger charge is 2.50. The molecule has 0 saturated heterocycles. The Labute approximate surface area is 516 Å². The lowest BCUT2D eigenvalue weighted by atomic mass is 9.87. The number of carboxylic acid groups (broad SMARTS) is 2. The van der Waals surface area contributed by atoms with Crippen LogP contribution in [0, 0.1) is 0 Å². The number of amides is 2. The Hall–Kier alpha value is -3.02. The Balaban J connectivity index is 1.58. The molecule has 2 rings (SSSR count). The standard InChI is InChI=1S/C77H138N2O4/c1-3-5-7-9-11-13-15-17-19-21-23-25-27-29-31-33-35-37-39-41-43-45-47-49-51-53-55-57-65-71-78(75(80)81)77(73-67-61-59-62-68-73,74-69-63-60-64-70-74)79(76(82)83)72-66-58-56-54-52-50-48-46-44-42-40-38-36-34-32-30-28-26-24-22-20-18-16-14-12-10-8-6-4-2/h59-64,67-70H,3-58,65-66,71-72H2,1-2H3,(H,80,81)(H,82,83). The molecule has 2 N–H and O–H groups in total. The van der Waals surface area contributed by atoms with Crippen LogP contribution in [0.5, 0.6) is 0 Å². The van der Waals surface area contributed by atoms with Gasteiger partial charge in [-0.05, 0) is 12.8 Å². The molecule has 0 aliphatic carbocycles. The Morgan fingerprint density at radius 2 is 0.398 bits per heavy atom. The van der Waals surface area contributed by atoms with Crippen molar-refractivity contribution in [1.29, 1.82) is 0 Å². The normalized spacial score (nSPS) is 11.7. The molecule has 0 radical (unpaired) electrons. The van der Waals surface area contributed by atoms with Gasteiger partial charge in [-0.3, -0.25) is 9.80 Å². The topological polar surface area (TPSA) is 81.1 Å². The molecule has 0 bridgehead atoms. The summed E-state index contributed by atoms with van der Waals surface area (Å²) in [5.74, 6) is 0. The van der Waals surface area contributed by atoms with Crippen molar-refractivity contribution in [1.82, 2.24) is 9.80 Å². The highest BCUT2D eigenvalue weighted by atomic mass is 16.4. The van der Waals surface area contributed by atoms with Crippen molar-refractivity contribution in [3.63, 3.8) is 0 Å². The molecule has 0 aliphatic heterocycles. The molecule has 0 atom stereocenters. The van der Waals surface area contributed by atoms with Crippen LogP contribution in [0.25, 0.3) is 0 Å². The zero-order valence-electron chi connectivity index (χ0n) is 55.3. The van der Waals surface area contributed by atoms with E-state index < -0.39 is 17.8 Å². The fourth-order valence-corrected chi connectivity index (χ4v) is 13.3. The summed E-state index contributed by atoms with van der Waals surface area (Å²) in [6.07, 6.45) is 75.8. The van der Waals surface area contributed by atoms with Gasteiger partial charge in [0, 0.05) is 24.2 Å². The van der Waals surface area contributed by atoms with Crippen LogP contribution in [0.2, 0.25) is 0 Å². The van der Waals surface area contributed by atoms with Crippen LogP contribution >= 0.6 is 0 Å². The highest BCUT2D eigenvalue weighted by Crippen LogP contribution is 2.41. The minimum absolute atomic E-state index is 0.266.